The summed E-state index contributed by atoms with van der Waals surface area (Å²) in [6.45, 7) is 1.55. The average Bonchev–Trinajstić information content (AvgIpc) is 3.27. The molecule has 1 aromatic carbocycles. The lowest BCUT2D eigenvalue weighted by Gasteiger charge is -2.10. The van der Waals surface area contributed by atoms with Crippen molar-refractivity contribution in [3.63, 3.8) is 0 Å². The van der Waals surface area contributed by atoms with Crippen molar-refractivity contribution in [1.29, 1.82) is 0 Å². The van der Waals surface area contributed by atoms with Crippen LogP contribution in [0.25, 0.3) is 16.7 Å². The molecule has 0 bridgehead atoms. The fourth-order valence-electron chi connectivity index (χ4n) is 2.83. The van der Waals surface area contributed by atoms with Crippen molar-refractivity contribution in [3.8, 4) is 0 Å². The minimum absolute atomic E-state index is 0.208. The van der Waals surface area contributed by atoms with Crippen LogP contribution in [0.15, 0.2) is 42.6 Å². The summed E-state index contributed by atoms with van der Waals surface area (Å²) in [5.74, 6) is 0.572. The van der Waals surface area contributed by atoms with Gasteiger partial charge in [-0.3, -0.25) is 4.79 Å². The Hall–Kier alpha value is -3.33. The van der Waals surface area contributed by atoms with Crippen LogP contribution in [0.5, 0.6) is 0 Å². The Morgan fingerprint density at radius 3 is 3.04 bits per heavy atom. The highest BCUT2D eigenvalue weighted by molar-refractivity contribution is 5.94. The van der Waals surface area contributed by atoms with Crippen LogP contribution in [0.2, 0.25) is 0 Å². The van der Waals surface area contributed by atoms with Gasteiger partial charge in [-0.15, -0.1) is 5.10 Å². The van der Waals surface area contributed by atoms with E-state index in [0.717, 1.165) is 16.9 Å². The highest BCUT2D eigenvalue weighted by atomic mass is 16.5. The van der Waals surface area contributed by atoms with Gasteiger partial charge in [0.15, 0.2) is 5.65 Å². The number of hydrogen-bond donors (Lipinski definition) is 1. The van der Waals surface area contributed by atoms with Crippen molar-refractivity contribution >= 4 is 22.6 Å². The van der Waals surface area contributed by atoms with Crippen LogP contribution in [0.4, 0.5) is 0 Å². The van der Waals surface area contributed by atoms with Crippen LogP contribution in [0.1, 0.15) is 16.2 Å². The summed E-state index contributed by atoms with van der Waals surface area (Å²) < 4.78 is 8.75. The van der Waals surface area contributed by atoms with Gasteiger partial charge in [0.2, 0.25) is 0 Å². The number of fused-ring (bicyclic) bond motifs is 2. The molecule has 4 rings (SSSR count). The molecule has 0 aliphatic heterocycles. The third-order valence-corrected chi connectivity index (χ3v) is 4.12. The largest absolute Gasteiger partial charge is 0.383 e. The second-order valence-corrected chi connectivity index (χ2v) is 5.74. The number of nitrogens with zero attached hydrogens (tertiary/aromatic N) is 6. The van der Waals surface area contributed by atoms with Crippen LogP contribution >= 0.6 is 0 Å². The van der Waals surface area contributed by atoms with Gasteiger partial charge in [0, 0.05) is 25.4 Å². The molecule has 0 fully saturated rings. The van der Waals surface area contributed by atoms with Gasteiger partial charge in [-0.1, -0.05) is 12.1 Å². The number of carbonyl (C=O) groups is 1. The van der Waals surface area contributed by atoms with Gasteiger partial charge in [0.1, 0.15) is 5.82 Å². The Kier molecular flexibility index (Phi) is 4.28. The van der Waals surface area contributed by atoms with Gasteiger partial charge in [-0.25, -0.2) is 9.50 Å². The van der Waals surface area contributed by atoms with Crippen molar-refractivity contribution in [1.82, 2.24) is 34.9 Å². The molecule has 3 heterocycles. The van der Waals surface area contributed by atoms with Crippen LogP contribution in [-0.4, -0.2) is 49.2 Å². The average molecular weight is 351 g/mol. The molecule has 0 atom stereocenters. The Balaban J connectivity index is 1.55. The zero-order valence-corrected chi connectivity index (χ0v) is 14.2. The van der Waals surface area contributed by atoms with Gasteiger partial charge in [-0.2, -0.15) is 0 Å². The summed E-state index contributed by atoms with van der Waals surface area (Å²) >= 11 is 0. The molecule has 3 aromatic heterocycles. The zero-order valence-electron chi connectivity index (χ0n) is 14.2. The summed E-state index contributed by atoms with van der Waals surface area (Å²) in [5, 5.41) is 14.1. The number of nitrogens with one attached hydrogen (secondary N) is 1. The van der Waals surface area contributed by atoms with Gasteiger partial charge in [0.25, 0.3) is 5.91 Å². The van der Waals surface area contributed by atoms with E-state index in [9.17, 15) is 4.79 Å². The van der Waals surface area contributed by atoms with Crippen molar-refractivity contribution in [2.45, 2.75) is 13.1 Å². The zero-order chi connectivity index (χ0) is 17.9. The van der Waals surface area contributed by atoms with Gasteiger partial charge in [0.05, 0.1) is 24.2 Å². The highest BCUT2D eigenvalue weighted by Crippen LogP contribution is 2.16. The Labute approximate surface area is 148 Å². The Morgan fingerprint density at radius 2 is 2.15 bits per heavy atom. The van der Waals surface area contributed by atoms with E-state index >= 15 is 0 Å². The van der Waals surface area contributed by atoms with Crippen molar-refractivity contribution < 1.29 is 9.53 Å². The lowest BCUT2D eigenvalue weighted by atomic mass is 10.2. The molecular weight excluding hydrogens is 334 g/mol. The van der Waals surface area contributed by atoms with E-state index in [-0.39, 0.29) is 5.91 Å². The minimum Gasteiger partial charge on any atom is -0.383 e. The smallest absolute Gasteiger partial charge is 0.251 e. The van der Waals surface area contributed by atoms with Crippen LogP contribution < -0.4 is 5.32 Å². The van der Waals surface area contributed by atoms with E-state index in [2.05, 4.69) is 30.4 Å². The molecule has 0 aliphatic rings. The third kappa shape index (κ3) is 3.00. The predicted molar refractivity (Wildman–Crippen MR) is 93.6 cm³/mol. The number of amides is 1. The Morgan fingerprint density at radius 1 is 1.27 bits per heavy atom. The number of tetrazole rings is 1. The molecule has 0 saturated carbocycles. The number of hydrogen-bond acceptors (Lipinski definition) is 6. The van der Waals surface area contributed by atoms with Crippen molar-refractivity contribution in [2.75, 3.05) is 13.7 Å². The maximum absolute atomic E-state index is 12.5. The maximum Gasteiger partial charge on any atom is 0.251 e. The molecule has 9 nitrogen and oxygen atoms in total. The fraction of sp³-hybridized carbons (Fsp3) is 0.235. The minimum atomic E-state index is -0.208. The molecular formula is C17H17N7O2. The van der Waals surface area contributed by atoms with E-state index in [1.54, 1.807) is 25.4 Å². The number of para-hydroxylation sites is 2. The van der Waals surface area contributed by atoms with Gasteiger partial charge in [-0.05, 0) is 34.7 Å². The second-order valence-electron chi connectivity index (χ2n) is 5.74. The fourth-order valence-corrected chi connectivity index (χ4v) is 2.83. The van der Waals surface area contributed by atoms with Crippen molar-refractivity contribution in [3.05, 3.63) is 54.0 Å². The summed E-state index contributed by atoms with van der Waals surface area (Å²) in [4.78, 5) is 17.1. The molecule has 132 valence electrons. The molecule has 1 amide bonds. The topological polar surface area (TPSA) is 99.2 Å². The number of rotatable bonds is 6. The number of carbonyl (C=O) groups excluding carboxylic acids is 1. The van der Waals surface area contributed by atoms with E-state index in [1.165, 1.54) is 4.52 Å². The first-order valence-corrected chi connectivity index (χ1v) is 8.15. The van der Waals surface area contributed by atoms with Crippen molar-refractivity contribution in [2.24, 2.45) is 0 Å². The summed E-state index contributed by atoms with van der Waals surface area (Å²) in [6.07, 6.45) is 1.65. The lowest BCUT2D eigenvalue weighted by molar-refractivity contribution is 0.0949. The predicted octanol–water partition coefficient (Wildman–Crippen LogP) is 1.05. The molecule has 0 unspecified atom stereocenters. The number of imidazole rings is 1. The SMILES string of the molecule is COCCn1c(CNC(=O)c2ccn3nnnc3c2)nc2ccccc21. The monoisotopic (exact) mass is 351 g/mol. The first-order chi connectivity index (χ1) is 12.8. The first-order valence-electron chi connectivity index (χ1n) is 8.15. The van der Waals surface area contributed by atoms with E-state index in [4.69, 9.17) is 4.74 Å². The van der Waals surface area contributed by atoms with Crippen LogP contribution in [0.3, 0.4) is 0 Å². The number of methoxy groups -OCH3 is 1. The molecule has 0 saturated heterocycles. The van der Waals surface area contributed by atoms with Crippen LogP contribution in [0, 0.1) is 0 Å². The number of benzene rings is 1. The molecule has 0 spiro atoms. The molecule has 26 heavy (non-hydrogen) atoms. The molecule has 0 radical (unpaired) electrons. The highest BCUT2D eigenvalue weighted by Gasteiger charge is 2.13. The molecule has 0 aliphatic carbocycles. The molecule has 1 N–H and O–H groups in total. The second kappa shape index (κ2) is 6.89. The van der Waals surface area contributed by atoms with Gasteiger partial charge < -0.3 is 14.6 Å². The number of ether oxygens (including phenoxy) is 1. The van der Waals surface area contributed by atoms with Gasteiger partial charge >= 0.3 is 0 Å². The number of pyridine rings is 1. The summed E-state index contributed by atoms with van der Waals surface area (Å²) in [6, 6.07) is 11.2. The van der Waals surface area contributed by atoms with Crippen LogP contribution in [-0.2, 0) is 17.8 Å². The Bertz CT molecular complexity index is 1070. The summed E-state index contributed by atoms with van der Waals surface area (Å²) in [7, 11) is 1.66. The first kappa shape index (κ1) is 16.2. The van der Waals surface area contributed by atoms with E-state index in [0.29, 0.717) is 30.9 Å². The normalized spacial score (nSPS) is 11.3. The standard InChI is InChI=1S/C17H17N7O2/c1-26-9-8-23-14-5-3-2-4-13(14)19-16(23)11-18-17(25)12-6-7-24-15(10-12)20-21-22-24/h2-7,10H,8-9,11H2,1H3,(H,18,25). The van der Waals surface area contributed by atoms with E-state index in [1.807, 2.05) is 24.3 Å². The molecule has 9 heteroatoms. The summed E-state index contributed by atoms with van der Waals surface area (Å²) in [5.41, 5.74) is 2.92. The number of aromatic nitrogens is 6. The quantitative estimate of drug-likeness (QED) is 0.557. The lowest BCUT2D eigenvalue weighted by Crippen LogP contribution is -2.25. The van der Waals surface area contributed by atoms with E-state index < -0.39 is 0 Å². The maximum atomic E-state index is 12.5. The third-order valence-electron chi connectivity index (χ3n) is 4.12. The molecule has 4 aromatic rings.